The zero-order valence-corrected chi connectivity index (χ0v) is 7.80. The van der Waals surface area contributed by atoms with E-state index in [9.17, 15) is 10.2 Å². The summed E-state index contributed by atoms with van der Waals surface area (Å²) >= 11 is 0. The molecule has 1 rings (SSSR count). The second-order valence-corrected chi connectivity index (χ2v) is 3.52. The highest BCUT2D eigenvalue weighted by molar-refractivity contribution is 4.99. The first-order chi connectivity index (χ1) is 6.05. The van der Waals surface area contributed by atoms with E-state index < -0.39 is 23.9 Å². The molecule has 3 N–H and O–H groups in total. The summed E-state index contributed by atoms with van der Waals surface area (Å²) in [6, 6.07) is 0. The highest BCUT2D eigenvalue weighted by Gasteiger charge is 2.50. The van der Waals surface area contributed by atoms with E-state index in [4.69, 9.17) is 14.6 Å². The summed E-state index contributed by atoms with van der Waals surface area (Å²) in [5, 5.41) is 27.8. The molecule has 13 heavy (non-hydrogen) atoms. The largest absolute Gasteiger partial charge is 0.394 e. The minimum atomic E-state index is -1.05. The van der Waals surface area contributed by atoms with Crippen LogP contribution in [-0.2, 0) is 9.47 Å². The van der Waals surface area contributed by atoms with Crippen molar-refractivity contribution in [2.75, 3.05) is 20.3 Å². The maximum Gasteiger partial charge on any atom is 0.118 e. The number of aliphatic hydroxyl groups is 3. The van der Waals surface area contributed by atoms with Gasteiger partial charge in [0.05, 0.1) is 13.2 Å². The Morgan fingerprint density at radius 2 is 2.08 bits per heavy atom. The van der Waals surface area contributed by atoms with Crippen LogP contribution >= 0.6 is 0 Å². The van der Waals surface area contributed by atoms with Crippen LogP contribution in [0.5, 0.6) is 0 Å². The molecule has 5 nitrogen and oxygen atoms in total. The van der Waals surface area contributed by atoms with Gasteiger partial charge in [0.2, 0.25) is 0 Å². The standard InChI is InChI=1S/C8H16O5/c1-8(4-12-2)7(11)6(10)5(3-9)13-8/h5-7,9-11H,3-4H2,1-2H3/t5-,6+,7?,8+/m1/s1. The molecule has 0 aliphatic carbocycles. The number of ether oxygens (including phenoxy) is 2. The van der Waals surface area contributed by atoms with E-state index in [1.54, 1.807) is 6.92 Å². The van der Waals surface area contributed by atoms with Crippen molar-refractivity contribution in [1.29, 1.82) is 0 Å². The molecule has 78 valence electrons. The van der Waals surface area contributed by atoms with Gasteiger partial charge in [-0.2, -0.15) is 0 Å². The van der Waals surface area contributed by atoms with Crippen LogP contribution in [0, 0.1) is 0 Å². The number of rotatable bonds is 3. The minimum Gasteiger partial charge on any atom is -0.394 e. The molecule has 1 fully saturated rings. The lowest BCUT2D eigenvalue weighted by atomic mass is 9.98. The Balaban J connectivity index is 2.69. The van der Waals surface area contributed by atoms with Crippen molar-refractivity contribution >= 4 is 0 Å². The zero-order chi connectivity index (χ0) is 10.1. The second-order valence-electron chi connectivity index (χ2n) is 3.52. The molecule has 4 atom stereocenters. The van der Waals surface area contributed by atoms with E-state index in [2.05, 4.69) is 0 Å². The van der Waals surface area contributed by atoms with E-state index in [-0.39, 0.29) is 13.2 Å². The molecule has 0 saturated carbocycles. The number of aliphatic hydroxyl groups excluding tert-OH is 3. The van der Waals surface area contributed by atoms with Crippen LogP contribution in [0.1, 0.15) is 6.92 Å². The Kier molecular flexibility index (Phi) is 3.26. The molecule has 0 bridgehead atoms. The third-order valence-electron chi connectivity index (χ3n) is 2.36. The summed E-state index contributed by atoms with van der Waals surface area (Å²) < 4.78 is 10.2. The molecule has 5 heteroatoms. The fourth-order valence-corrected chi connectivity index (χ4v) is 1.60. The SMILES string of the molecule is COC[C@]1(C)O[C@H](CO)[C@H](O)C1O. The van der Waals surface area contributed by atoms with Crippen molar-refractivity contribution in [2.24, 2.45) is 0 Å². The molecule has 0 aromatic rings. The van der Waals surface area contributed by atoms with Gasteiger partial charge in [-0.3, -0.25) is 0 Å². The molecule has 0 aromatic carbocycles. The van der Waals surface area contributed by atoms with Crippen LogP contribution in [0.4, 0.5) is 0 Å². The summed E-state index contributed by atoms with van der Waals surface area (Å²) in [6.07, 6.45) is -2.80. The monoisotopic (exact) mass is 192 g/mol. The van der Waals surface area contributed by atoms with Gasteiger partial charge in [0, 0.05) is 7.11 Å². The molecule has 1 saturated heterocycles. The van der Waals surface area contributed by atoms with Crippen LogP contribution in [0.25, 0.3) is 0 Å². The van der Waals surface area contributed by atoms with Gasteiger partial charge in [-0.1, -0.05) is 0 Å². The number of methoxy groups -OCH3 is 1. The van der Waals surface area contributed by atoms with Gasteiger partial charge in [-0.05, 0) is 6.92 Å². The number of hydrogen-bond acceptors (Lipinski definition) is 5. The first kappa shape index (κ1) is 10.9. The molecule has 1 unspecified atom stereocenters. The predicted molar refractivity (Wildman–Crippen MR) is 44.3 cm³/mol. The first-order valence-electron chi connectivity index (χ1n) is 4.19. The molecular formula is C8H16O5. The van der Waals surface area contributed by atoms with Gasteiger partial charge < -0.3 is 24.8 Å². The lowest BCUT2D eigenvalue weighted by Crippen LogP contribution is -2.44. The maximum atomic E-state index is 9.58. The molecule has 0 spiro atoms. The molecule has 0 aromatic heterocycles. The fraction of sp³-hybridized carbons (Fsp3) is 1.00. The Morgan fingerprint density at radius 3 is 2.46 bits per heavy atom. The highest BCUT2D eigenvalue weighted by atomic mass is 16.6. The van der Waals surface area contributed by atoms with E-state index in [0.29, 0.717) is 0 Å². The van der Waals surface area contributed by atoms with Gasteiger partial charge in [-0.25, -0.2) is 0 Å². The predicted octanol–water partition coefficient (Wildman–Crippen LogP) is -1.50. The third-order valence-corrected chi connectivity index (χ3v) is 2.36. The molecule has 0 radical (unpaired) electrons. The van der Waals surface area contributed by atoms with Crippen molar-refractivity contribution in [1.82, 2.24) is 0 Å². The summed E-state index contributed by atoms with van der Waals surface area (Å²) in [4.78, 5) is 0. The van der Waals surface area contributed by atoms with E-state index in [0.717, 1.165) is 0 Å². The molecule has 0 amide bonds. The minimum absolute atomic E-state index is 0.182. The normalized spacial score (nSPS) is 45.5. The average Bonchev–Trinajstić information content (AvgIpc) is 2.31. The summed E-state index contributed by atoms with van der Waals surface area (Å²) in [7, 11) is 1.49. The van der Waals surface area contributed by atoms with Crippen molar-refractivity contribution in [3.05, 3.63) is 0 Å². The van der Waals surface area contributed by atoms with Crippen molar-refractivity contribution in [3.8, 4) is 0 Å². The van der Waals surface area contributed by atoms with Gasteiger partial charge in [0.1, 0.15) is 23.9 Å². The van der Waals surface area contributed by atoms with E-state index >= 15 is 0 Å². The number of hydrogen-bond donors (Lipinski definition) is 3. The van der Waals surface area contributed by atoms with Crippen molar-refractivity contribution in [2.45, 2.75) is 30.8 Å². The van der Waals surface area contributed by atoms with Crippen LogP contribution < -0.4 is 0 Å². The van der Waals surface area contributed by atoms with Crippen LogP contribution in [0.15, 0.2) is 0 Å². The summed E-state index contributed by atoms with van der Waals surface area (Å²) in [5.74, 6) is 0. The average molecular weight is 192 g/mol. The van der Waals surface area contributed by atoms with Crippen LogP contribution in [0.3, 0.4) is 0 Å². The Labute approximate surface area is 76.9 Å². The second kappa shape index (κ2) is 3.89. The lowest BCUT2D eigenvalue weighted by molar-refractivity contribution is -0.114. The lowest BCUT2D eigenvalue weighted by Gasteiger charge is -2.26. The van der Waals surface area contributed by atoms with Crippen LogP contribution in [0.2, 0.25) is 0 Å². The Hall–Kier alpha value is -0.200. The molecule has 1 aliphatic rings. The Morgan fingerprint density at radius 1 is 1.46 bits per heavy atom. The quantitative estimate of drug-likeness (QED) is 0.507. The summed E-state index contributed by atoms with van der Waals surface area (Å²) in [6.45, 7) is 1.51. The van der Waals surface area contributed by atoms with Crippen molar-refractivity contribution in [3.63, 3.8) is 0 Å². The maximum absolute atomic E-state index is 9.58. The zero-order valence-electron chi connectivity index (χ0n) is 7.80. The first-order valence-corrected chi connectivity index (χ1v) is 4.19. The van der Waals surface area contributed by atoms with Gasteiger partial charge >= 0.3 is 0 Å². The van der Waals surface area contributed by atoms with Gasteiger partial charge in [0.25, 0.3) is 0 Å². The topological polar surface area (TPSA) is 79.2 Å². The molecular weight excluding hydrogens is 176 g/mol. The third kappa shape index (κ3) is 1.84. The van der Waals surface area contributed by atoms with E-state index in [1.807, 2.05) is 0 Å². The van der Waals surface area contributed by atoms with E-state index in [1.165, 1.54) is 7.11 Å². The van der Waals surface area contributed by atoms with Gasteiger partial charge in [0.15, 0.2) is 0 Å². The Bertz CT molecular complexity index is 174. The smallest absolute Gasteiger partial charge is 0.118 e. The van der Waals surface area contributed by atoms with Crippen LogP contribution in [-0.4, -0.2) is 59.6 Å². The van der Waals surface area contributed by atoms with Gasteiger partial charge in [-0.15, -0.1) is 0 Å². The fourth-order valence-electron chi connectivity index (χ4n) is 1.60. The molecule has 1 aliphatic heterocycles. The highest BCUT2D eigenvalue weighted by Crippen LogP contribution is 2.30. The molecule has 1 heterocycles. The summed E-state index contributed by atoms with van der Waals surface area (Å²) in [5.41, 5.74) is -0.929. The van der Waals surface area contributed by atoms with Crippen molar-refractivity contribution < 1.29 is 24.8 Å².